The molecule has 0 aliphatic rings. The Morgan fingerprint density at radius 1 is 1.20 bits per heavy atom. The van der Waals surface area contributed by atoms with E-state index in [1.807, 2.05) is 24.3 Å². The maximum atomic E-state index is 5.17. The van der Waals surface area contributed by atoms with E-state index in [2.05, 4.69) is 41.6 Å². The van der Waals surface area contributed by atoms with E-state index in [-0.39, 0.29) is 6.04 Å². The van der Waals surface area contributed by atoms with Crippen LogP contribution in [0.25, 0.3) is 0 Å². The van der Waals surface area contributed by atoms with E-state index in [1.165, 1.54) is 5.56 Å². The summed E-state index contributed by atoms with van der Waals surface area (Å²) in [4.78, 5) is 4.26. The lowest BCUT2D eigenvalue weighted by Crippen LogP contribution is -2.07. The van der Waals surface area contributed by atoms with Crippen molar-refractivity contribution in [3.05, 3.63) is 48.2 Å². The molecule has 1 unspecified atom stereocenters. The number of anilines is 2. The molecule has 0 saturated heterocycles. The van der Waals surface area contributed by atoms with E-state index in [9.17, 15) is 0 Å². The summed E-state index contributed by atoms with van der Waals surface area (Å²) in [7, 11) is 1.68. The molecule has 0 amide bonds. The van der Waals surface area contributed by atoms with Crippen molar-refractivity contribution in [2.75, 3.05) is 24.3 Å². The lowest BCUT2D eigenvalue weighted by molar-refractivity contribution is 0.414. The molecule has 1 aromatic heterocycles. The zero-order valence-corrected chi connectivity index (χ0v) is 12.2. The minimum atomic E-state index is 0.220. The van der Waals surface area contributed by atoms with Crippen molar-refractivity contribution in [2.24, 2.45) is 0 Å². The topological polar surface area (TPSA) is 46.2 Å². The molecule has 2 N–H and O–H groups in total. The van der Waals surface area contributed by atoms with E-state index in [0.29, 0.717) is 0 Å². The summed E-state index contributed by atoms with van der Waals surface area (Å²) in [5.74, 6) is 1.76. The highest BCUT2D eigenvalue weighted by Gasteiger charge is 2.06. The lowest BCUT2D eigenvalue weighted by Gasteiger charge is -2.16. The van der Waals surface area contributed by atoms with Gasteiger partial charge >= 0.3 is 0 Å². The summed E-state index contributed by atoms with van der Waals surface area (Å²) in [5.41, 5.74) is 2.27. The number of methoxy groups -OCH3 is 1. The first-order valence-electron chi connectivity index (χ1n) is 6.83. The number of hydrogen-bond acceptors (Lipinski definition) is 4. The third-order valence-corrected chi connectivity index (χ3v) is 3.12. The number of rotatable bonds is 6. The van der Waals surface area contributed by atoms with Gasteiger partial charge in [0.05, 0.1) is 7.11 Å². The van der Waals surface area contributed by atoms with Gasteiger partial charge in [-0.25, -0.2) is 4.98 Å². The van der Waals surface area contributed by atoms with Gasteiger partial charge < -0.3 is 15.4 Å². The van der Waals surface area contributed by atoms with Crippen molar-refractivity contribution in [3.63, 3.8) is 0 Å². The minimum absolute atomic E-state index is 0.220. The minimum Gasteiger partial charge on any atom is -0.497 e. The monoisotopic (exact) mass is 271 g/mol. The van der Waals surface area contributed by atoms with Gasteiger partial charge in [-0.15, -0.1) is 0 Å². The van der Waals surface area contributed by atoms with Gasteiger partial charge in [-0.05, 0) is 37.6 Å². The largest absolute Gasteiger partial charge is 0.497 e. The van der Waals surface area contributed by atoms with E-state index in [0.717, 1.165) is 23.8 Å². The number of hydrogen-bond donors (Lipinski definition) is 2. The molecule has 20 heavy (non-hydrogen) atoms. The molecule has 0 aliphatic heterocycles. The van der Waals surface area contributed by atoms with Crippen molar-refractivity contribution >= 4 is 11.5 Å². The van der Waals surface area contributed by atoms with Crippen molar-refractivity contribution < 1.29 is 4.74 Å². The smallest absolute Gasteiger partial charge is 0.127 e. The highest BCUT2D eigenvalue weighted by molar-refractivity contribution is 5.53. The Kier molecular flexibility index (Phi) is 4.82. The molecule has 4 heteroatoms. The molecule has 0 saturated carbocycles. The zero-order valence-electron chi connectivity index (χ0n) is 12.2. The van der Waals surface area contributed by atoms with Gasteiger partial charge in [0.15, 0.2) is 0 Å². The Hall–Kier alpha value is -2.23. The molecule has 0 spiro atoms. The number of nitrogens with zero attached hydrogens (tertiary/aromatic N) is 1. The maximum absolute atomic E-state index is 5.17. The van der Waals surface area contributed by atoms with Crippen molar-refractivity contribution in [2.45, 2.75) is 19.9 Å². The molecule has 4 nitrogen and oxygen atoms in total. The first kappa shape index (κ1) is 14.2. The van der Waals surface area contributed by atoms with Crippen LogP contribution in [0.5, 0.6) is 5.75 Å². The molecule has 0 fully saturated rings. The van der Waals surface area contributed by atoms with Gasteiger partial charge in [-0.2, -0.15) is 0 Å². The third kappa shape index (κ3) is 3.63. The van der Waals surface area contributed by atoms with E-state index in [1.54, 1.807) is 13.3 Å². The van der Waals surface area contributed by atoms with E-state index >= 15 is 0 Å². The zero-order chi connectivity index (χ0) is 14.4. The summed E-state index contributed by atoms with van der Waals surface area (Å²) in [6.45, 7) is 5.06. The fourth-order valence-corrected chi connectivity index (χ4v) is 2.02. The number of nitrogens with one attached hydrogen (secondary N) is 2. The van der Waals surface area contributed by atoms with Crippen molar-refractivity contribution in [3.8, 4) is 5.75 Å². The summed E-state index contributed by atoms with van der Waals surface area (Å²) in [5, 5.41) is 6.68. The van der Waals surface area contributed by atoms with Crippen LogP contribution >= 0.6 is 0 Å². The Balaban J connectivity index is 2.06. The summed E-state index contributed by atoms with van der Waals surface area (Å²) in [6, 6.07) is 12.3. The number of benzene rings is 1. The number of aromatic nitrogens is 1. The predicted molar refractivity (Wildman–Crippen MR) is 83.4 cm³/mol. The molecule has 0 aliphatic carbocycles. The molecule has 0 radical (unpaired) electrons. The van der Waals surface area contributed by atoms with Crippen LogP contribution in [0.4, 0.5) is 11.5 Å². The third-order valence-electron chi connectivity index (χ3n) is 3.12. The predicted octanol–water partition coefficient (Wildman–Crippen LogP) is 3.70. The van der Waals surface area contributed by atoms with E-state index in [4.69, 9.17) is 4.74 Å². The molecule has 1 aromatic carbocycles. The second-order valence-electron chi connectivity index (χ2n) is 4.60. The van der Waals surface area contributed by atoms with Crippen LogP contribution in [0.3, 0.4) is 0 Å². The second kappa shape index (κ2) is 6.80. The quantitative estimate of drug-likeness (QED) is 0.841. The average Bonchev–Trinajstić information content (AvgIpc) is 2.48. The molecular formula is C16H21N3O. The molecule has 2 rings (SSSR count). The molecule has 2 aromatic rings. The van der Waals surface area contributed by atoms with Crippen LogP contribution in [-0.2, 0) is 0 Å². The van der Waals surface area contributed by atoms with Crippen LogP contribution < -0.4 is 15.4 Å². The van der Waals surface area contributed by atoms with Gasteiger partial charge in [-0.3, -0.25) is 0 Å². The van der Waals surface area contributed by atoms with E-state index < -0.39 is 0 Å². The number of ether oxygens (including phenoxy) is 1. The summed E-state index contributed by atoms with van der Waals surface area (Å²) >= 11 is 0. The first-order valence-corrected chi connectivity index (χ1v) is 6.83. The van der Waals surface area contributed by atoms with Crippen LogP contribution in [-0.4, -0.2) is 18.6 Å². The Morgan fingerprint density at radius 2 is 1.95 bits per heavy atom. The lowest BCUT2D eigenvalue weighted by atomic mass is 10.1. The van der Waals surface area contributed by atoms with Gasteiger partial charge in [0, 0.05) is 30.5 Å². The molecular weight excluding hydrogens is 250 g/mol. The first-order chi connectivity index (χ1) is 9.72. The van der Waals surface area contributed by atoms with Crippen LogP contribution in [0.2, 0.25) is 0 Å². The molecule has 0 bridgehead atoms. The fraction of sp³-hybridized carbons (Fsp3) is 0.312. The highest BCUT2D eigenvalue weighted by Crippen LogP contribution is 2.22. The van der Waals surface area contributed by atoms with Gasteiger partial charge in [-0.1, -0.05) is 12.1 Å². The van der Waals surface area contributed by atoms with Gasteiger partial charge in [0.2, 0.25) is 0 Å². The average molecular weight is 271 g/mol. The maximum Gasteiger partial charge on any atom is 0.127 e. The normalized spacial score (nSPS) is 11.8. The molecule has 106 valence electrons. The molecule has 1 heterocycles. The Labute approximate surface area is 120 Å². The van der Waals surface area contributed by atoms with Crippen molar-refractivity contribution in [1.29, 1.82) is 0 Å². The molecule has 1 atom stereocenters. The summed E-state index contributed by atoms with van der Waals surface area (Å²) in [6.07, 6.45) is 1.81. The Morgan fingerprint density at radius 3 is 2.60 bits per heavy atom. The highest BCUT2D eigenvalue weighted by atomic mass is 16.5. The fourth-order valence-electron chi connectivity index (χ4n) is 2.02. The van der Waals surface area contributed by atoms with Crippen LogP contribution in [0, 0.1) is 0 Å². The SMILES string of the molecule is CCNc1cc(NC(C)c2ccc(OC)cc2)ccn1. The van der Waals surface area contributed by atoms with Gasteiger partial charge in [0.1, 0.15) is 11.6 Å². The second-order valence-corrected chi connectivity index (χ2v) is 4.60. The number of pyridine rings is 1. The Bertz CT molecular complexity index is 540. The standard InChI is InChI=1S/C16H21N3O/c1-4-17-16-11-14(9-10-18-16)19-12(2)13-5-7-15(20-3)8-6-13/h5-12H,4H2,1-3H3,(H2,17,18,19). The van der Waals surface area contributed by atoms with Crippen LogP contribution in [0.15, 0.2) is 42.6 Å². The van der Waals surface area contributed by atoms with Crippen LogP contribution in [0.1, 0.15) is 25.5 Å². The van der Waals surface area contributed by atoms with Gasteiger partial charge in [0.25, 0.3) is 0 Å². The van der Waals surface area contributed by atoms with Crippen molar-refractivity contribution in [1.82, 2.24) is 4.98 Å². The summed E-state index contributed by atoms with van der Waals surface area (Å²) < 4.78 is 5.17.